The number of thioether (sulfide) groups is 1. The van der Waals surface area contributed by atoms with Crippen molar-refractivity contribution in [2.75, 3.05) is 12.3 Å². The molecule has 0 spiro atoms. The number of nitrogens with zero attached hydrogens (tertiary/aromatic N) is 1. The predicted molar refractivity (Wildman–Crippen MR) is 99.8 cm³/mol. The Morgan fingerprint density at radius 3 is 2.11 bits per heavy atom. The summed E-state index contributed by atoms with van der Waals surface area (Å²) in [5.74, 6) is -2.47. The molecule has 0 bridgehead atoms. The zero-order valence-corrected chi connectivity index (χ0v) is 15.4. The Bertz CT molecular complexity index is 915. The van der Waals surface area contributed by atoms with Gasteiger partial charge in [0.15, 0.2) is 0 Å². The SMILES string of the molecule is O=C(CCN1C(=O)c2ccccc2C1=O)NNC(=O)CSc1ccccc1F. The van der Waals surface area contributed by atoms with E-state index in [1.165, 1.54) is 6.07 Å². The van der Waals surface area contributed by atoms with Crippen LogP contribution in [-0.4, -0.2) is 40.8 Å². The van der Waals surface area contributed by atoms with Crippen molar-refractivity contribution in [2.24, 2.45) is 0 Å². The predicted octanol–water partition coefficient (Wildman–Crippen LogP) is 1.75. The number of hydrazine groups is 1. The van der Waals surface area contributed by atoms with E-state index in [2.05, 4.69) is 10.9 Å². The number of fused-ring (bicyclic) bond motifs is 1. The van der Waals surface area contributed by atoms with E-state index in [9.17, 15) is 23.6 Å². The molecule has 0 aliphatic carbocycles. The molecule has 9 heteroatoms. The molecule has 2 aromatic rings. The third-order valence-electron chi connectivity index (χ3n) is 3.98. The van der Waals surface area contributed by atoms with Crippen LogP contribution in [0.3, 0.4) is 0 Å². The normalized spacial score (nSPS) is 12.7. The van der Waals surface area contributed by atoms with E-state index in [4.69, 9.17) is 0 Å². The molecule has 1 aliphatic rings. The number of carbonyl (C=O) groups is 4. The standard InChI is InChI=1S/C19H16FN3O4S/c20-14-7-3-4-8-15(14)28-11-17(25)22-21-16(24)9-10-23-18(26)12-5-1-2-6-13(12)19(23)27/h1-8H,9-11H2,(H,21,24)(H,22,25). The number of imide groups is 1. The van der Waals surface area contributed by atoms with Crippen LogP contribution in [0.4, 0.5) is 4.39 Å². The molecule has 3 rings (SSSR count). The molecule has 7 nitrogen and oxygen atoms in total. The fourth-order valence-corrected chi connectivity index (χ4v) is 3.34. The Hall–Kier alpha value is -3.20. The number of hydrogen-bond acceptors (Lipinski definition) is 5. The fraction of sp³-hybridized carbons (Fsp3) is 0.158. The van der Waals surface area contributed by atoms with Crippen molar-refractivity contribution < 1.29 is 23.6 Å². The Morgan fingerprint density at radius 1 is 0.893 bits per heavy atom. The van der Waals surface area contributed by atoms with Gasteiger partial charge in [-0.1, -0.05) is 24.3 Å². The first-order valence-electron chi connectivity index (χ1n) is 8.37. The first-order valence-corrected chi connectivity index (χ1v) is 9.36. The molecular formula is C19H16FN3O4S. The van der Waals surface area contributed by atoms with Gasteiger partial charge in [0.2, 0.25) is 11.8 Å². The summed E-state index contributed by atoms with van der Waals surface area (Å²) < 4.78 is 13.5. The highest BCUT2D eigenvalue weighted by molar-refractivity contribution is 8.00. The van der Waals surface area contributed by atoms with E-state index in [1.807, 2.05) is 0 Å². The maximum atomic E-state index is 13.5. The first-order chi connectivity index (χ1) is 13.5. The summed E-state index contributed by atoms with van der Waals surface area (Å²) >= 11 is 0.998. The van der Waals surface area contributed by atoms with Gasteiger partial charge in [-0.25, -0.2) is 4.39 Å². The van der Waals surface area contributed by atoms with Crippen LogP contribution >= 0.6 is 11.8 Å². The maximum absolute atomic E-state index is 13.5. The number of benzene rings is 2. The lowest BCUT2D eigenvalue weighted by molar-refractivity contribution is -0.127. The minimum absolute atomic E-state index is 0.0837. The largest absolute Gasteiger partial charge is 0.274 e. The third kappa shape index (κ3) is 4.37. The van der Waals surface area contributed by atoms with Crippen LogP contribution in [0, 0.1) is 5.82 Å². The van der Waals surface area contributed by atoms with Gasteiger partial charge in [0.25, 0.3) is 11.8 Å². The molecule has 1 aliphatic heterocycles. The van der Waals surface area contributed by atoms with E-state index in [-0.39, 0.29) is 18.7 Å². The molecule has 0 saturated heterocycles. The number of nitrogens with one attached hydrogen (secondary N) is 2. The van der Waals surface area contributed by atoms with Gasteiger partial charge in [0.1, 0.15) is 5.82 Å². The van der Waals surface area contributed by atoms with Gasteiger partial charge >= 0.3 is 0 Å². The summed E-state index contributed by atoms with van der Waals surface area (Å²) in [4.78, 5) is 49.4. The minimum atomic E-state index is -0.555. The average molecular weight is 401 g/mol. The zero-order chi connectivity index (χ0) is 20.1. The highest BCUT2D eigenvalue weighted by Crippen LogP contribution is 2.22. The van der Waals surface area contributed by atoms with Gasteiger partial charge in [-0.15, -0.1) is 11.8 Å². The van der Waals surface area contributed by atoms with Crippen molar-refractivity contribution >= 4 is 35.4 Å². The molecule has 0 unspecified atom stereocenters. The van der Waals surface area contributed by atoms with Crippen molar-refractivity contribution in [3.05, 3.63) is 65.5 Å². The Labute approximate surface area is 164 Å². The summed E-state index contributed by atoms with van der Waals surface area (Å²) in [5, 5.41) is 0. The highest BCUT2D eigenvalue weighted by Gasteiger charge is 2.34. The molecular weight excluding hydrogens is 385 g/mol. The number of hydrogen-bond donors (Lipinski definition) is 2. The van der Waals surface area contributed by atoms with E-state index in [0.29, 0.717) is 16.0 Å². The van der Waals surface area contributed by atoms with E-state index >= 15 is 0 Å². The van der Waals surface area contributed by atoms with Crippen LogP contribution in [0.25, 0.3) is 0 Å². The molecule has 0 saturated carbocycles. The van der Waals surface area contributed by atoms with Crippen LogP contribution in [0.2, 0.25) is 0 Å². The molecule has 144 valence electrons. The summed E-state index contributed by atoms with van der Waals surface area (Å²) in [7, 11) is 0. The third-order valence-corrected chi connectivity index (χ3v) is 5.03. The fourth-order valence-electron chi connectivity index (χ4n) is 2.60. The minimum Gasteiger partial charge on any atom is -0.274 e. The Balaban J connectivity index is 1.42. The number of amides is 4. The van der Waals surface area contributed by atoms with Gasteiger partial charge in [-0.3, -0.25) is 34.9 Å². The zero-order valence-electron chi connectivity index (χ0n) is 14.6. The lowest BCUT2D eigenvalue weighted by atomic mass is 10.1. The topological polar surface area (TPSA) is 95.6 Å². The molecule has 0 aromatic heterocycles. The monoisotopic (exact) mass is 401 g/mol. The second kappa shape index (κ2) is 8.66. The van der Waals surface area contributed by atoms with Crippen molar-refractivity contribution in [2.45, 2.75) is 11.3 Å². The van der Waals surface area contributed by atoms with Crippen molar-refractivity contribution in [3.63, 3.8) is 0 Å². The van der Waals surface area contributed by atoms with Crippen molar-refractivity contribution in [3.8, 4) is 0 Å². The molecule has 0 fully saturated rings. The lowest BCUT2D eigenvalue weighted by Crippen LogP contribution is -2.44. The first kappa shape index (κ1) is 19.6. The molecule has 4 amide bonds. The molecule has 0 radical (unpaired) electrons. The van der Waals surface area contributed by atoms with Gasteiger partial charge in [-0.05, 0) is 24.3 Å². The number of carbonyl (C=O) groups excluding carboxylic acids is 4. The maximum Gasteiger partial charge on any atom is 0.261 e. The van der Waals surface area contributed by atoms with Crippen molar-refractivity contribution in [1.29, 1.82) is 0 Å². The summed E-state index contributed by atoms with van der Waals surface area (Å²) in [6.07, 6.45) is -0.161. The molecule has 2 aromatic carbocycles. The summed E-state index contributed by atoms with van der Waals surface area (Å²) in [6, 6.07) is 12.5. The molecule has 28 heavy (non-hydrogen) atoms. The second-order valence-corrected chi connectivity index (χ2v) is 6.89. The van der Waals surface area contributed by atoms with E-state index in [1.54, 1.807) is 42.5 Å². The summed E-state index contributed by atoms with van der Waals surface area (Å²) in [5.41, 5.74) is 5.05. The Kier molecular flexibility index (Phi) is 6.05. The van der Waals surface area contributed by atoms with Crippen LogP contribution in [0.5, 0.6) is 0 Å². The summed E-state index contributed by atoms with van der Waals surface area (Å²) in [6.45, 7) is -0.0992. The average Bonchev–Trinajstić information content (AvgIpc) is 2.94. The van der Waals surface area contributed by atoms with Crippen LogP contribution in [-0.2, 0) is 9.59 Å². The van der Waals surface area contributed by atoms with E-state index in [0.717, 1.165) is 16.7 Å². The number of halogens is 1. The van der Waals surface area contributed by atoms with Crippen LogP contribution in [0.15, 0.2) is 53.4 Å². The molecule has 2 N–H and O–H groups in total. The number of rotatable bonds is 6. The van der Waals surface area contributed by atoms with Crippen molar-refractivity contribution in [1.82, 2.24) is 15.8 Å². The molecule has 0 atom stereocenters. The van der Waals surface area contributed by atoms with Gasteiger partial charge < -0.3 is 0 Å². The van der Waals surface area contributed by atoms with Crippen LogP contribution < -0.4 is 10.9 Å². The van der Waals surface area contributed by atoms with Crippen LogP contribution in [0.1, 0.15) is 27.1 Å². The highest BCUT2D eigenvalue weighted by atomic mass is 32.2. The van der Waals surface area contributed by atoms with Gasteiger partial charge in [-0.2, -0.15) is 0 Å². The second-order valence-electron chi connectivity index (χ2n) is 5.87. The lowest BCUT2D eigenvalue weighted by Gasteiger charge is -2.13. The van der Waals surface area contributed by atoms with Gasteiger partial charge in [0, 0.05) is 17.9 Å². The molecule has 1 heterocycles. The van der Waals surface area contributed by atoms with E-state index < -0.39 is 29.4 Å². The smallest absolute Gasteiger partial charge is 0.261 e. The Morgan fingerprint density at radius 2 is 1.46 bits per heavy atom. The quantitative estimate of drug-likeness (QED) is 0.437. The van der Waals surface area contributed by atoms with Gasteiger partial charge in [0.05, 0.1) is 16.9 Å².